The maximum Gasteiger partial charge on any atom is 0.305 e. The number of carbonyl (C=O) groups excluding carboxylic acids is 1. The van der Waals surface area contributed by atoms with Gasteiger partial charge >= 0.3 is 5.69 Å². The van der Waals surface area contributed by atoms with Crippen molar-refractivity contribution in [2.24, 2.45) is 0 Å². The Labute approximate surface area is 89.8 Å². The van der Waals surface area contributed by atoms with E-state index in [9.17, 15) is 19.3 Å². The van der Waals surface area contributed by atoms with Gasteiger partial charge in [-0.15, -0.1) is 11.6 Å². The maximum atomic E-state index is 12.9. The molecule has 0 saturated heterocycles. The predicted molar refractivity (Wildman–Crippen MR) is 52.7 cm³/mol. The molecule has 0 aliphatic carbocycles. The Bertz CT molecular complexity index is 420. The molecule has 0 heterocycles. The van der Waals surface area contributed by atoms with Crippen molar-refractivity contribution in [3.05, 3.63) is 39.7 Å². The molecule has 0 saturated carbocycles. The van der Waals surface area contributed by atoms with E-state index in [2.05, 4.69) is 0 Å². The molecule has 4 nitrogen and oxygen atoms in total. The van der Waals surface area contributed by atoms with E-state index in [0.29, 0.717) is 0 Å². The van der Waals surface area contributed by atoms with Crippen LogP contribution in [0.15, 0.2) is 18.2 Å². The van der Waals surface area contributed by atoms with Gasteiger partial charge in [-0.2, -0.15) is 4.39 Å². The van der Waals surface area contributed by atoms with Crippen molar-refractivity contribution in [2.75, 3.05) is 0 Å². The lowest BCUT2D eigenvalue weighted by Crippen LogP contribution is -2.11. The minimum atomic E-state index is -0.973. The van der Waals surface area contributed by atoms with Gasteiger partial charge in [-0.05, 0) is 19.1 Å². The van der Waals surface area contributed by atoms with Crippen LogP contribution < -0.4 is 0 Å². The molecule has 1 atom stereocenters. The number of benzene rings is 1. The number of nitrogens with zero attached hydrogens (tertiary/aromatic N) is 1. The summed E-state index contributed by atoms with van der Waals surface area (Å²) in [5, 5.41) is 9.59. The van der Waals surface area contributed by atoms with Gasteiger partial charge in [0.25, 0.3) is 0 Å². The molecule has 0 aromatic heterocycles. The van der Waals surface area contributed by atoms with Gasteiger partial charge in [0.2, 0.25) is 5.82 Å². The highest BCUT2D eigenvalue weighted by Gasteiger charge is 2.19. The quantitative estimate of drug-likeness (QED) is 0.348. The van der Waals surface area contributed by atoms with Crippen LogP contribution >= 0.6 is 11.6 Å². The molecule has 80 valence electrons. The van der Waals surface area contributed by atoms with Crippen molar-refractivity contribution in [1.82, 2.24) is 0 Å². The van der Waals surface area contributed by atoms with Gasteiger partial charge < -0.3 is 0 Å². The van der Waals surface area contributed by atoms with E-state index in [1.165, 1.54) is 13.0 Å². The summed E-state index contributed by atoms with van der Waals surface area (Å²) in [5.41, 5.74) is -0.691. The smallest absolute Gasteiger partial charge is 0.293 e. The van der Waals surface area contributed by atoms with Crippen LogP contribution in [0.1, 0.15) is 17.3 Å². The van der Waals surface area contributed by atoms with E-state index < -0.39 is 27.6 Å². The van der Waals surface area contributed by atoms with Crippen LogP contribution in [0.3, 0.4) is 0 Å². The van der Waals surface area contributed by atoms with E-state index in [1.54, 1.807) is 0 Å². The third kappa shape index (κ3) is 2.50. The summed E-state index contributed by atoms with van der Waals surface area (Å²) in [6.07, 6.45) is 0. The molecule has 6 heteroatoms. The molecule has 0 N–H and O–H groups in total. The number of ketones is 1. The molecule has 0 aliphatic heterocycles. The Morgan fingerprint density at radius 1 is 1.60 bits per heavy atom. The van der Waals surface area contributed by atoms with Crippen LogP contribution in [0.25, 0.3) is 0 Å². The first-order valence-corrected chi connectivity index (χ1v) is 4.49. The molecule has 0 bridgehead atoms. The zero-order chi connectivity index (χ0) is 11.6. The first-order chi connectivity index (χ1) is 6.93. The number of halogens is 2. The molecule has 1 rings (SSSR count). The Balaban J connectivity index is 3.19. The summed E-state index contributed by atoms with van der Waals surface area (Å²) in [4.78, 5) is 20.9. The van der Waals surface area contributed by atoms with Gasteiger partial charge in [-0.3, -0.25) is 14.9 Å². The van der Waals surface area contributed by atoms with Crippen LogP contribution in [0.5, 0.6) is 0 Å². The lowest BCUT2D eigenvalue weighted by Gasteiger charge is -2.02. The predicted octanol–water partition coefficient (Wildman–Crippen LogP) is 2.54. The standard InChI is InChI=1S/C9H7ClFNO3/c1-5(10)9(13)6-2-3-7(11)8(4-6)12(14)15/h2-5H,1H3. The topological polar surface area (TPSA) is 60.2 Å². The fraction of sp³-hybridized carbons (Fsp3) is 0.222. The van der Waals surface area contributed by atoms with Gasteiger partial charge in [0, 0.05) is 11.6 Å². The zero-order valence-electron chi connectivity index (χ0n) is 7.74. The molecule has 0 radical (unpaired) electrons. The van der Waals surface area contributed by atoms with Crippen molar-refractivity contribution in [2.45, 2.75) is 12.3 Å². The highest BCUT2D eigenvalue weighted by molar-refractivity contribution is 6.33. The minimum absolute atomic E-state index is 0.0330. The Morgan fingerprint density at radius 2 is 2.20 bits per heavy atom. The fourth-order valence-corrected chi connectivity index (χ4v) is 1.16. The molecule has 15 heavy (non-hydrogen) atoms. The molecular formula is C9H7ClFNO3. The summed E-state index contributed by atoms with van der Waals surface area (Å²) in [7, 11) is 0. The van der Waals surface area contributed by atoms with Crippen molar-refractivity contribution in [3.8, 4) is 0 Å². The molecule has 1 unspecified atom stereocenters. The van der Waals surface area contributed by atoms with Gasteiger partial charge in [0.05, 0.1) is 10.3 Å². The second-order valence-corrected chi connectivity index (χ2v) is 3.56. The summed E-state index contributed by atoms with van der Waals surface area (Å²) >= 11 is 5.52. The van der Waals surface area contributed by atoms with Gasteiger partial charge in [0.1, 0.15) is 0 Å². The molecule has 1 aromatic rings. The van der Waals surface area contributed by atoms with Crippen molar-refractivity contribution >= 4 is 23.1 Å². The molecule has 0 aliphatic rings. The molecule has 1 aromatic carbocycles. The minimum Gasteiger partial charge on any atom is -0.293 e. The molecule has 0 fully saturated rings. The highest BCUT2D eigenvalue weighted by Crippen LogP contribution is 2.20. The summed E-state index contributed by atoms with van der Waals surface area (Å²) in [6, 6.07) is 2.94. The van der Waals surface area contributed by atoms with Crippen molar-refractivity contribution < 1.29 is 14.1 Å². The number of carbonyl (C=O) groups is 1. The monoisotopic (exact) mass is 231 g/mol. The number of alkyl halides is 1. The Morgan fingerprint density at radius 3 is 2.67 bits per heavy atom. The van der Waals surface area contributed by atoms with E-state index in [0.717, 1.165) is 12.1 Å². The van der Waals surface area contributed by atoms with Crippen LogP contribution in [0.2, 0.25) is 0 Å². The average molecular weight is 232 g/mol. The summed E-state index contributed by atoms with van der Waals surface area (Å²) in [6.45, 7) is 1.44. The first kappa shape index (κ1) is 11.6. The molecular weight excluding hydrogens is 225 g/mol. The number of nitro benzene ring substituents is 1. The Kier molecular flexibility index (Phi) is 3.36. The lowest BCUT2D eigenvalue weighted by atomic mass is 10.1. The number of rotatable bonds is 3. The third-order valence-corrected chi connectivity index (χ3v) is 1.99. The van der Waals surface area contributed by atoms with E-state index in [-0.39, 0.29) is 5.56 Å². The average Bonchev–Trinajstić information content (AvgIpc) is 2.16. The SMILES string of the molecule is CC(Cl)C(=O)c1ccc(F)c([N+](=O)[O-])c1. The largest absolute Gasteiger partial charge is 0.305 e. The van der Waals surface area contributed by atoms with Crippen molar-refractivity contribution in [3.63, 3.8) is 0 Å². The summed E-state index contributed by atoms with van der Waals surface area (Å²) < 4.78 is 12.9. The van der Waals surface area contributed by atoms with E-state index in [1.807, 2.05) is 0 Å². The number of hydrogen-bond acceptors (Lipinski definition) is 3. The first-order valence-electron chi connectivity index (χ1n) is 4.05. The van der Waals surface area contributed by atoms with Crippen LogP contribution in [0, 0.1) is 15.9 Å². The highest BCUT2D eigenvalue weighted by atomic mass is 35.5. The Hall–Kier alpha value is -1.49. The lowest BCUT2D eigenvalue weighted by molar-refractivity contribution is -0.387. The molecule has 0 spiro atoms. The maximum absolute atomic E-state index is 12.9. The van der Waals surface area contributed by atoms with Gasteiger partial charge in [0.15, 0.2) is 5.78 Å². The number of nitro groups is 1. The van der Waals surface area contributed by atoms with Crippen LogP contribution in [-0.4, -0.2) is 16.1 Å². The third-order valence-electron chi connectivity index (χ3n) is 1.79. The molecule has 0 amide bonds. The normalized spacial score (nSPS) is 12.2. The van der Waals surface area contributed by atoms with E-state index in [4.69, 9.17) is 11.6 Å². The van der Waals surface area contributed by atoms with Crippen molar-refractivity contribution in [1.29, 1.82) is 0 Å². The summed E-state index contributed by atoms with van der Waals surface area (Å²) in [5.74, 6) is -1.45. The number of hydrogen-bond donors (Lipinski definition) is 0. The van der Waals surface area contributed by atoms with Crippen LogP contribution in [0.4, 0.5) is 10.1 Å². The fourth-order valence-electron chi connectivity index (χ4n) is 1.04. The van der Waals surface area contributed by atoms with E-state index >= 15 is 0 Å². The van der Waals surface area contributed by atoms with Crippen LogP contribution in [-0.2, 0) is 0 Å². The second-order valence-electron chi connectivity index (χ2n) is 2.90. The van der Waals surface area contributed by atoms with Gasteiger partial charge in [-0.25, -0.2) is 0 Å². The van der Waals surface area contributed by atoms with Gasteiger partial charge in [-0.1, -0.05) is 0 Å². The zero-order valence-corrected chi connectivity index (χ0v) is 8.49. The second kappa shape index (κ2) is 4.35. The number of Topliss-reactive ketones (excluding diaryl/α,β-unsaturated/α-hetero) is 1.